The van der Waals surface area contributed by atoms with Crippen LogP contribution < -0.4 is 14.2 Å². The third kappa shape index (κ3) is 8.81. The van der Waals surface area contributed by atoms with Crippen LogP contribution in [0, 0.1) is 0 Å². The van der Waals surface area contributed by atoms with Crippen molar-refractivity contribution in [2.45, 2.75) is 97.2 Å². The molecule has 0 saturated carbocycles. The Bertz CT molecular complexity index is 756. The lowest BCUT2D eigenvalue weighted by Gasteiger charge is -2.19. The van der Waals surface area contributed by atoms with Crippen molar-refractivity contribution in [2.75, 3.05) is 7.05 Å². The van der Waals surface area contributed by atoms with Gasteiger partial charge in [0.15, 0.2) is 11.5 Å². The summed E-state index contributed by atoms with van der Waals surface area (Å²) in [5.41, 5.74) is 0.676. The molecule has 1 atom stereocenters. The molecule has 0 fully saturated rings. The molecule has 2 amide bonds. The Kier molecular flexibility index (Phi) is 10.5. The summed E-state index contributed by atoms with van der Waals surface area (Å²) < 4.78 is 20.5. The van der Waals surface area contributed by atoms with E-state index < -0.39 is 12.2 Å². The van der Waals surface area contributed by atoms with Crippen LogP contribution in [0.1, 0.15) is 84.6 Å². The maximum absolute atomic E-state index is 12.4. The summed E-state index contributed by atoms with van der Waals surface area (Å²) in [7, 11) is 1.52. The van der Waals surface area contributed by atoms with Crippen LogP contribution >= 0.6 is 12.1 Å². The molecule has 7 nitrogen and oxygen atoms in total. The predicted molar refractivity (Wildman–Crippen MR) is 128 cm³/mol. The number of nitrogens with one attached hydrogen (secondary N) is 1. The molecule has 32 heavy (non-hydrogen) atoms. The molecule has 1 aliphatic rings. The molecule has 0 bridgehead atoms. The molecular formula is C24H38N2O5S. The van der Waals surface area contributed by atoms with Gasteiger partial charge in [0.25, 0.3) is 0 Å². The van der Waals surface area contributed by atoms with Gasteiger partial charge in [-0.2, -0.15) is 0 Å². The lowest BCUT2D eigenvalue weighted by Crippen LogP contribution is -2.31. The Labute approximate surface area is 196 Å². The minimum absolute atomic E-state index is 0.170. The van der Waals surface area contributed by atoms with Crippen molar-refractivity contribution in [3.8, 4) is 11.5 Å². The zero-order valence-electron chi connectivity index (χ0n) is 20.1. The van der Waals surface area contributed by atoms with Gasteiger partial charge in [0.05, 0.1) is 12.1 Å². The Morgan fingerprint density at radius 1 is 1.19 bits per heavy atom. The maximum Gasteiger partial charge on any atom is 0.426 e. The minimum atomic E-state index is -0.617. The fourth-order valence-corrected chi connectivity index (χ4v) is 4.00. The molecule has 0 saturated heterocycles. The Balaban J connectivity index is 1.66. The van der Waals surface area contributed by atoms with Crippen molar-refractivity contribution in [1.29, 1.82) is 0 Å². The molecule has 1 aromatic rings. The van der Waals surface area contributed by atoms with Gasteiger partial charge in [-0.1, -0.05) is 57.6 Å². The third-order valence-corrected chi connectivity index (χ3v) is 5.98. The zero-order chi connectivity index (χ0) is 23.6. The Morgan fingerprint density at radius 3 is 2.59 bits per heavy atom. The molecule has 1 aliphatic heterocycles. The summed E-state index contributed by atoms with van der Waals surface area (Å²) >= 11 is 0.820. The van der Waals surface area contributed by atoms with Crippen molar-refractivity contribution in [1.82, 2.24) is 9.03 Å². The molecule has 1 N–H and O–H groups in total. The van der Waals surface area contributed by atoms with E-state index in [-0.39, 0.29) is 11.7 Å². The Hall–Kier alpha value is -2.09. The lowest BCUT2D eigenvalue weighted by atomic mass is 10.0. The summed E-state index contributed by atoms with van der Waals surface area (Å²) in [5.74, 6) is 0.965. The normalized spacial score (nSPS) is 14.8. The van der Waals surface area contributed by atoms with Crippen molar-refractivity contribution in [2.24, 2.45) is 0 Å². The highest BCUT2D eigenvalue weighted by Gasteiger charge is 2.33. The molecule has 1 unspecified atom stereocenters. The molecule has 180 valence electrons. The second-order valence-corrected chi connectivity index (χ2v) is 9.90. The van der Waals surface area contributed by atoms with E-state index in [0.717, 1.165) is 43.4 Å². The number of carbonyl (C=O) groups excluding carboxylic acids is 2. The first-order chi connectivity index (χ1) is 15.2. The molecule has 1 heterocycles. The van der Waals surface area contributed by atoms with E-state index in [1.165, 1.54) is 43.5 Å². The number of unbranched alkanes of at least 4 members (excludes halogenated alkanes) is 6. The number of para-hydroxylation sites is 1. The highest BCUT2D eigenvalue weighted by Crippen LogP contribution is 2.41. The average Bonchev–Trinajstić information content (AvgIpc) is 3.06. The standard InChI is InChI=1S/C24H38N2O5S/c1-6-7-8-9-10-11-12-14-18(2)29-22(27)25-32-26(5)23(28)30-20-16-13-15-19-17-24(3,4)31-21(19)20/h13,15-16,18H,6-12,14,17H2,1-5H3,(H,25,27). The fourth-order valence-electron chi connectivity index (χ4n) is 3.62. The first-order valence-electron chi connectivity index (χ1n) is 11.6. The van der Waals surface area contributed by atoms with E-state index in [2.05, 4.69) is 11.6 Å². The van der Waals surface area contributed by atoms with E-state index in [4.69, 9.17) is 14.2 Å². The van der Waals surface area contributed by atoms with Crippen LogP contribution in [0.25, 0.3) is 0 Å². The second kappa shape index (κ2) is 12.8. The molecular weight excluding hydrogens is 428 g/mol. The van der Waals surface area contributed by atoms with E-state index >= 15 is 0 Å². The van der Waals surface area contributed by atoms with E-state index in [1.807, 2.05) is 32.9 Å². The molecule has 2 rings (SSSR count). The number of hydrogen-bond donors (Lipinski definition) is 1. The van der Waals surface area contributed by atoms with Crippen LogP contribution in [0.5, 0.6) is 11.5 Å². The summed E-state index contributed by atoms with van der Waals surface area (Å²) in [6, 6.07) is 5.50. The second-order valence-electron chi connectivity index (χ2n) is 8.97. The molecule has 8 heteroatoms. The summed E-state index contributed by atoms with van der Waals surface area (Å²) in [6.45, 7) is 8.08. The first kappa shape index (κ1) is 26.2. The minimum Gasteiger partial charge on any atom is -0.483 e. The van der Waals surface area contributed by atoms with Gasteiger partial charge in [0, 0.05) is 19.0 Å². The summed E-state index contributed by atoms with van der Waals surface area (Å²) in [5, 5.41) is 0. The average molecular weight is 467 g/mol. The largest absolute Gasteiger partial charge is 0.483 e. The van der Waals surface area contributed by atoms with Gasteiger partial charge in [-0.3, -0.25) is 0 Å². The van der Waals surface area contributed by atoms with Crippen LogP contribution in [-0.2, 0) is 11.2 Å². The SMILES string of the molecule is CCCCCCCCCC(C)OC(=O)NSN(C)C(=O)Oc1cccc2c1OC(C)(C)C2. The third-order valence-electron chi connectivity index (χ3n) is 5.30. The number of amides is 2. The van der Waals surface area contributed by atoms with Crippen LogP contribution in [0.4, 0.5) is 9.59 Å². The van der Waals surface area contributed by atoms with Gasteiger partial charge in [0.2, 0.25) is 0 Å². The summed E-state index contributed by atoms with van der Waals surface area (Å²) in [6.07, 6.45) is 8.79. The predicted octanol–water partition coefficient (Wildman–Crippen LogP) is 6.65. The lowest BCUT2D eigenvalue weighted by molar-refractivity contribution is 0.106. The number of fused-ring (bicyclic) bond motifs is 1. The van der Waals surface area contributed by atoms with E-state index in [9.17, 15) is 9.59 Å². The quantitative estimate of drug-likeness (QED) is 0.274. The van der Waals surface area contributed by atoms with Crippen molar-refractivity contribution >= 4 is 24.3 Å². The van der Waals surface area contributed by atoms with Gasteiger partial charge in [-0.05, 0) is 39.7 Å². The molecule has 0 radical (unpaired) electrons. The van der Waals surface area contributed by atoms with E-state index in [0.29, 0.717) is 11.5 Å². The molecule has 0 aromatic heterocycles. The van der Waals surface area contributed by atoms with Crippen LogP contribution in [0.2, 0.25) is 0 Å². The van der Waals surface area contributed by atoms with Crippen molar-refractivity contribution < 1.29 is 23.8 Å². The zero-order valence-corrected chi connectivity index (χ0v) is 20.9. The van der Waals surface area contributed by atoms with Crippen LogP contribution in [0.3, 0.4) is 0 Å². The maximum atomic E-state index is 12.4. The number of carbonyl (C=O) groups is 2. The van der Waals surface area contributed by atoms with Gasteiger partial charge < -0.3 is 14.2 Å². The van der Waals surface area contributed by atoms with Crippen molar-refractivity contribution in [3.05, 3.63) is 23.8 Å². The molecule has 0 spiro atoms. The monoisotopic (exact) mass is 466 g/mol. The number of rotatable bonds is 12. The molecule has 0 aliphatic carbocycles. The fraction of sp³-hybridized carbons (Fsp3) is 0.667. The number of benzene rings is 1. The highest BCUT2D eigenvalue weighted by atomic mass is 32.2. The van der Waals surface area contributed by atoms with Gasteiger partial charge in [0.1, 0.15) is 11.7 Å². The number of nitrogens with zero attached hydrogens (tertiary/aromatic N) is 1. The van der Waals surface area contributed by atoms with Crippen LogP contribution in [-0.4, -0.2) is 35.2 Å². The summed E-state index contributed by atoms with van der Waals surface area (Å²) in [4.78, 5) is 24.4. The number of ether oxygens (including phenoxy) is 3. The van der Waals surface area contributed by atoms with E-state index in [1.54, 1.807) is 6.07 Å². The van der Waals surface area contributed by atoms with Gasteiger partial charge >= 0.3 is 12.2 Å². The van der Waals surface area contributed by atoms with Gasteiger partial charge in [-0.25, -0.2) is 18.6 Å². The smallest absolute Gasteiger partial charge is 0.426 e. The highest BCUT2D eigenvalue weighted by molar-refractivity contribution is 7.96. The van der Waals surface area contributed by atoms with Crippen molar-refractivity contribution in [3.63, 3.8) is 0 Å². The first-order valence-corrected chi connectivity index (χ1v) is 12.4. The topological polar surface area (TPSA) is 77.1 Å². The Morgan fingerprint density at radius 2 is 1.88 bits per heavy atom. The number of hydrogen-bond acceptors (Lipinski definition) is 6. The molecule has 1 aromatic carbocycles. The van der Waals surface area contributed by atoms with Crippen LogP contribution in [0.15, 0.2) is 18.2 Å². The van der Waals surface area contributed by atoms with Gasteiger partial charge in [-0.15, -0.1) is 0 Å².